The van der Waals surface area contributed by atoms with Crippen molar-refractivity contribution in [3.05, 3.63) is 71.7 Å². The minimum atomic E-state index is -0.283. The largest absolute Gasteiger partial charge is 0.336 e. The number of benzene rings is 2. The van der Waals surface area contributed by atoms with Crippen molar-refractivity contribution in [3.8, 4) is 11.1 Å². The van der Waals surface area contributed by atoms with Gasteiger partial charge in [0.2, 0.25) is 11.8 Å². The first-order valence-electron chi connectivity index (χ1n) is 9.04. The van der Waals surface area contributed by atoms with Gasteiger partial charge in [-0.15, -0.1) is 0 Å². The molecule has 1 amide bonds. The maximum Gasteiger partial charge on any atom is 0.250 e. The van der Waals surface area contributed by atoms with Gasteiger partial charge in [-0.2, -0.15) is 0 Å². The second-order valence-corrected chi connectivity index (χ2v) is 6.54. The van der Waals surface area contributed by atoms with Crippen molar-refractivity contribution >= 4 is 18.0 Å². The van der Waals surface area contributed by atoms with Crippen LogP contribution in [-0.2, 0) is 17.6 Å². The fourth-order valence-corrected chi connectivity index (χ4v) is 3.01. The predicted molar refractivity (Wildman–Crippen MR) is 104 cm³/mol. The molecule has 142 valence electrons. The number of aliphatic imine (C=N–C) groups is 1. The number of hydrogen-bond acceptors (Lipinski definition) is 5. The molecule has 1 fully saturated rings. The Kier molecular flexibility index (Phi) is 5.25. The normalized spacial score (nSPS) is 16.6. The van der Waals surface area contributed by atoms with Crippen LogP contribution in [0.4, 0.5) is 10.3 Å². The van der Waals surface area contributed by atoms with Crippen molar-refractivity contribution in [2.24, 2.45) is 4.99 Å². The average molecular weight is 378 g/mol. The summed E-state index contributed by atoms with van der Waals surface area (Å²) in [6.45, 7) is 0.286. The lowest BCUT2D eigenvalue weighted by Crippen LogP contribution is -2.33. The van der Waals surface area contributed by atoms with E-state index in [4.69, 9.17) is 4.52 Å². The molecule has 0 radical (unpaired) electrons. The molecule has 0 bridgehead atoms. The molecule has 0 spiro atoms. The molecule has 1 aliphatic heterocycles. The van der Waals surface area contributed by atoms with E-state index < -0.39 is 0 Å². The van der Waals surface area contributed by atoms with E-state index >= 15 is 0 Å². The smallest absolute Gasteiger partial charge is 0.250 e. The third-order valence-corrected chi connectivity index (χ3v) is 4.50. The van der Waals surface area contributed by atoms with Crippen molar-refractivity contribution in [1.29, 1.82) is 0 Å². The zero-order valence-electron chi connectivity index (χ0n) is 15.1. The van der Waals surface area contributed by atoms with Crippen molar-refractivity contribution in [2.75, 3.05) is 6.54 Å². The average Bonchev–Trinajstić information content (AvgIpc) is 3.34. The van der Waals surface area contributed by atoms with Gasteiger partial charge in [-0.1, -0.05) is 47.6 Å². The van der Waals surface area contributed by atoms with E-state index in [0.717, 1.165) is 23.2 Å². The highest BCUT2D eigenvalue weighted by atomic mass is 19.1. The third-order valence-electron chi connectivity index (χ3n) is 4.50. The zero-order valence-corrected chi connectivity index (χ0v) is 15.1. The summed E-state index contributed by atoms with van der Waals surface area (Å²) in [6.07, 6.45) is 2.79. The first-order chi connectivity index (χ1) is 13.7. The number of nitrogens with one attached hydrogen (secondary N) is 2. The van der Waals surface area contributed by atoms with Crippen LogP contribution in [0.25, 0.3) is 11.1 Å². The second-order valence-electron chi connectivity index (χ2n) is 6.54. The molecule has 0 aliphatic carbocycles. The van der Waals surface area contributed by atoms with Crippen molar-refractivity contribution < 1.29 is 13.7 Å². The molecule has 1 saturated heterocycles. The molecule has 1 aromatic heterocycles. The Hall–Kier alpha value is -3.32. The van der Waals surface area contributed by atoms with E-state index in [1.165, 1.54) is 6.07 Å². The topological polar surface area (TPSA) is 79.5 Å². The highest BCUT2D eigenvalue weighted by Crippen LogP contribution is 2.23. The number of halogens is 1. The fourth-order valence-electron chi connectivity index (χ4n) is 3.01. The molecule has 1 atom stereocenters. The number of carbonyl (C=O) groups excluding carboxylic acids is 1. The summed E-state index contributed by atoms with van der Waals surface area (Å²) in [7, 11) is 0. The van der Waals surface area contributed by atoms with Gasteiger partial charge in [0.15, 0.2) is 0 Å². The summed E-state index contributed by atoms with van der Waals surface area (Å²) < 4.78 is 19.1. The second kappa shape index (κ2) is 8.14. The first kappa shape index (κ1) is 18.1. The molecule has 0 saturated carbocycles. The van der Waals surface area contributed by atoms with Crippen LogP contribution in [0.2, 0.25) is 0 Å². The van der Waals surface area contributed by atoms with Crippen molar-refractivity contribution in [1.82, 2.24) is 15.8 Å². The van der Waals surface area contributed by atoms with E-state index in [1.54, 1.807) is 24.4 Å². The van der Waals surface area contributed by atoms with E-state index in [1.807, 2.05) is 30.3 Å². The molecule has 1 aliphatic rings. The van der Waals surface area contributed by atoms with E-state index in [0.29, 0.717) is 17.9 Å². The summed E-state index contributed by atoms with van der Waals surface area (Å²) in [6, 6.07) is 16.4. The number of amides is 1. The summed E-state index contributed by atoms with van der Waals surface area (Å²) in [4.78, 5) is 15.3. The SMILES string of the molecule is O=C1CNC(C=Nc2cc(CCc3ccc(-c4ccccc4F)cc3)no2)N1. The summed E-state index contributed by atoms with van der Waals surface area (Å²) >= 11 is 0. The monoisotopic (exact) mass is 378 g/mol. The maximum atomic E-state index is 13.9. The number of nitrogens with zero attached hydrogens (tertiary/aromatic N) is 2. The van der Waals surface area contributed by atoms with E-state index in [2.05, 4.69) is 20.8 Å². The molecule has 6 nitrogen and oxygen atoms in total. The van der Waals surface area contributed by atoms with Crippen LogP contribution >= 0.6 is 0 Å². The van der Waals surface area contributed by atoms with Crippen LogP contribution < -0.4 is 10.6 Å². The quantitative estimate of drug-likeness (QED) is 0.646. The number of aryl methyl sites for hydroxylation is 2. The highest BCUT2D eigenvalue weighted by Gasteiger charge is 2.17. The summed E-state index contributed by atoms with van der Waals surface area (Å²) in [5.74, 6) is 0.113. The fraction of sp³-hybridized carbons (Fsp3) is 0.190. The Labute approximate surface area is 161 Å². The van der Waals surface area contributed by atoms with Gasteiger partial charge in [-0.05, 0) is 30.0 Å². The number of carbonyl (C=O) groups is 1. The van der Waals surface area contributed by atoms with E-state index in [9.17, 15) is 9.18 Å². The summed E-state index contributed by atoms with van der Waals surface area (Å²) in [5.41, 5.74) is 3.38. The van der Waals surface area contributed by atoms with Crippen LogP contribution in [-0.4, -0.2) is 30.0 Å². The molecule has 28 heavy (non-hydrogen) atoms. The third kappa shape index (κ3) is 4.32. The van der Waals surface area contributed by atoms with Gasteiger partial charge in [0.25, 0.3) is 0 Å². The lowest BCUT2D eigenvalue weighted by molar-refractivity contribution is -0.118. The minimum Gasteiger partial charge on any atom is -0.336 e. The van der Waals surface area contributed by atoms with Gasteiger partial charge in [-0.25, -0.2) is 9.38 Å². The van der Waals surface area contributed by atoms with Gasteiger partial charge in [-0.3, -0.25) is 10.1 Å². The standard InChI is InChI=1S/C21H19FN4O2/c22-18-4-2-1-3-17(18)15-8-5-14(6-9-15)7-10-16-11-21(28-26-16)24-12-19-23-13-20(27)25-19/h1-6,8-9,11-12,19,23H,7,10,13H2,(H,25,27). The Bertz CT molecular complexity index is 998. The van der Waals surface area contributed by atoms with Gasteiger partial charge in [0, 0.05) is 17.8 Å². The Balaban J connectivity index is 1.33. The molecule has 4 rings (SSSR count). The first-order valence-corrected chi connectivity index (χ1v) is 9.04. The Morgan fingerprint density at radius 3 is 2.75 bits per heavy atom. The van der Waals surface area contributed by atoms with Gasteiger partial charge in [0.05, 0.1) is 12.2 Å². The Morgan fingerprint density at radius 2 is 2.00 bits per heavy atom. The Morgan fingerprint density at radius 1 is 1.18 bits per heavy atom. The van der Waals surface area contributed by atoms with Gasteiger partial charge in [0.1, 0.15) is 12.0 Å². The highest BCUT2D eigenvalue weighted by molar-refractivity contribution is 5.85. The van der Waals surface area contributed by atoms with Crippen molar-refractivity contribution in [2.45, 2.75) is 19.0 Å². The summed E-state index contributed by atoms with van der Waals surface area (Å²) in [5, 5.41) is 9.69. The number of rotatable bonds is 6. The van der Waals surface area contributed by atoms with E-state index in [-0.39, 0.29) is 24.4 Å². The minimum absolute atomic E-state index is 0.0595. The predicted octanol–water partition coefficient (Wildman–Crippen LogP) is 3.01. The molecule has 2 aromatic carbocycles. The molecule has 1 unspecified atom stereocenters. The van der Waals surface area contributed by atoms with Crippen LogP contribution in [0.1, 0.15) is 11.3 Å². The van der Waals surface area contributed by atoms with Gasteiger partial charge < -0.3 is 9.84 Å². The molecular weight excluding hydrogens is 359 g/mol. The number of aromatic nitrogens is 1. The zero-order chi connectivity index (χ0) is 19.3. The van der Waals surface area contributed by atoms with Crippen LogP contribution in [0.3, 0.4) is 0 Å². The molecule has 7 heteroatoms. The lowest BCUT2D eigenvalue weighted by atomic mass is 10.0. The van der Waals surface area contributed by atoms with Crippen LogP contribution in [0, 0.1) is 5.82 Å². The van der Waals surface area contributed by atoms with Crippen LogP contribution in [0.5, 0.6) is 0 Å². The molecule has 3 aromatic rings. The molecular formula is C21H19FN4O2. The van der Waals surface area contributed by atoms with Crippen molar-refractivity contribution in [3.63, 3.8) is 0 Å². The molecule has 2 N–H and O–H groups in total. The number of hydrogen-bond donors (Lipinski definition) is 2. The maximum absolute atomic E-state index is 13.9. The van der Waals surface area contributed by atoms with Gasteiger partial charge >= 0.3 is 0 Å². The lowest BCUT2D eigenvalue weighted by Gasteiger charge is -2.05. The van der Waals surface area contributed by atoms with Crippen LogP contribution in [0.15, 0.2) is 64.1 Å². The molecule has 2 heterocycles.